The second-order valence-electron chi connectivity index (χ2n) is 4.70. The molecule has 0 aliphatic carbocycles. The zero-order valence-electron chi connectivity index (χ0n) is 12.3. The van der Waals surface area contributed by atoms with Gasteiger partial charge >= 0.3 is 0 Å². The van der Waals surface area contributed by atoms with Crippen LogP contribution in [0, 0.1) is 0 Å². The first kappa shape index (κ1) is 15.8. The molecule has 1 atom stereocenters. The summed E-state index contributed by atoms with van der Waals surface area (Å²) < 4.78 is 10.9. The van der Waals surface area contributed by atoms with Crippen molar-refractivity contribution in [3.05, 3.63) is 24.3 Å². The largest absolute Gasteiger partial charge is 0.492 e. The van der Waals surface area contributed by atoms with Crippen molar-refractivity contribution in [3.8, 4) is 5.75 Å². The molecule has 1 unspecified atom stereocenters. The van der Waals surface area contributed by atoms with E-state index in [9.17, 15) is 0 Å². The highest BCUT2D eigenvalue weighted by atomic mass is 16.5. The van der Waals surface area contributed by atoms with E-state index < -0.39 is 0 Å². The number of nitrogens with zero attached hydrogens (tertiary/aromatic N) is 1. The Morgan fingerprint density at radius 2 is 1.79 bits per heavy atom. The van der Waals surface area contributed by atoms with Crippen molar-refractivity contribution in [2.24, 2.45) is 0 Å². The zero-order valence-corrected chi connectivity index (χ0v) is 12.3. The average molecular weight is 266 g/mol. The zero-order chi connectivity index (χ0) is 14.1. The lowest BCUT2D eigenvalue weighted by Crippen LogP contribution is -2.38. The van der Waals surface area contributed by atoms with Crippen LogP contribution in [0.4, 0.5) is 5.69 Å². The van der Waals surface area contributed by atoms with Crippen LogP contribution in [0.5, 0.6) is 5.75 Å². The fraction of sp³-hybridized carbons (Fsp3) is 0.600. The summed E-state index contributed by atoms with van der Waals surface area (Å²) in [5, 5.41) is 0. The van der Waals surface area contributed by atoms with Crippen LogP contribution in [0.2, 0.25) is 0 Å². The summed E-state index contributed by atoms with van der Waals surface area (Å²) in [6.45, 7) is 7.72. The van der Waals surface area contributed by atoms with Crippen LogP contribution < -0.4 is 10.5 Å². The summed E-state index contributed by atoms with van der Waals surface area (Å²) in [6, 6.07) is 8.06. The molecule has 0 spiro atoms. The molecule has 0 radical (unpaired) electrons. The van der Waals surface area contributed by atoms with Crippen LogP contribution >= 0.6 is 0 Å². The van der Waals surface area contributed by atoms with Crippen LogP contribution in [0.15, 0.2) is 24.3 Å². The Labute approximate surface area is 116 Å². The van der Waals surface area contributed by atoms with Gasteiger partial charge in [-0.25, -0.2) is 0 Å². The topological polar surface area (TPSA) is 47.7 Å². The maximum absolute atomic E-state index is 5.73. The van der Waals surface area contributed by atoms with E-state index >= 15 is 0 Å². The van der Waals surface area contributed by atoms with Gasteiger partial charge in [0.15, 0.2) is 0 Å². The molecule has 1 aromatic carbocycles. The molecule has 0 amide bonds. The third-order valence-electron chi connectivity index (χ3n) is 3.32. The first-order chi connectivity index (χ1) is 9.17. The van der Waals surface area contributed by atoms with Gasteiger partial charge in [0.2, 0.25) is 0 Å². The molecule has 1 rings (SSSR count). The van der Waals surface area contributed by atoms with E-state index in [2.05, 4.69) is 18.7 Å². The third kappa shape index (κ3) is 5.94. The molecule has 0 saturated carbocycles. The quantitative estimate of drug-likeness (QED) is 0.697. The number of nitrogen functional groups attached to an aromatic ring is 1. The summed E-state index contributed by atoms with van der Waals surface area (Å²) in [5.41, 5.74) is 6.40. The molecule has 1 aromatic rings. The minimum atomic E-state index is 0.546. The summed E-state index contributed by atoms with van der Waals surface area (Å²) in [5.74, 6) is 0.866. The minimum Gasteiger partial charge on any atom is -0.492 e. The predicted octanol–water partition coefficient (Wildman–Crippen LogP) is 2.39. The lowest BCUT2D eigenvalue weighted by Gasteiger charge is -2.27. The lowest BCUT2D eigenvalue weighted by atomic mass is 10.2. The van der Waals surface area contributed by atoms with E-state index in [0.717, 1.165) is 37.6 Å². The van der Waals surface area contributed by atoms with Gasteiger partial charge in [-0.2, -0.15) is 0 Å². The Morgan fingerprint density at radius 1 is 1.16 bits per heavy atom. The molecule has 0 heterocycles. The first-order valence-corrected chi connectivity index (χ1v) is 6.88. The third-order valence-corrected chi connectivity index (χ3v) is 3.32. The smallest absolute Gasteiger partial charge is 0.119 e. The Morgan fingerprint density at radius 3 is 2.37 bits per heavy atom. The Kier molecular flexibility index (Phi) is 7.30. The summed E-state index contributed by atoms with van der Waals surface area (Å²) >= 11 is 0. The molecule has 0 aromatic heterocycles. The van der Waals surface area contributed by atoms with Crippen LogP contribution in [0.3, 0.4) is 0 Å². The Balaban J connectivity index is 2.36. The predicted molar refractivity (Wildman–Crippen MR) is 79.6 cm³/mol. The fourth-order valence-electron chi connectivity index (χ4n) is 1.86. The van der Waals surface area contributed by atoms with Gasteiger partial charge in [0, 0.05) is 31.9 Å². The maximum atomic E-state index is 5.73. The highest BCUT2D eigenvalue weighted by molar-refractivity contribution is 5.41. The molecule has 2 N–H and O–H groups in total. The summed E-state index contributed by atoms with van der Waals surface area (Å²) in [6.07, 6.45) is 1.13. The number of methoxy groups -OCH3 is 1. The molecule has 0 fully saturated rings. The van der Waals surface area contributed by atoms with Gasteiger partial charge in [0.1, 0.15) is 12.4 Å². The second kappa shape index (κ2) is 8.77. The molecule has 19 heavy (non-hydrogen) atoms. The number of hydrogen-bond acceptors (Lipinski definition) is 4. The Bertz CT molecular complexity index is 341. The molecule has 0 aliphatic heterocycles. The summed E-state index contributed by atoms with van der Waals surface area (Å²) in [4.78, 5) is 2.39. The minimum absolute atomic E-state index is 0.546. The molecule has 0 saturated heterocycles. The first-order valence-electron chi connectivity index (χ1n) is 6.88. The summed E-state index contributed by atoms with van der Waals surface area (Å²) in [7, 11) is 1.74. The normalized spacial score (nSPS) is 12.6. The number of ether oxygens (including phenoxy) is 2. The van der Waals surface area contributed by atoms with Crippen LogP contribution in [0.1, 0.15) is 20.3 Å². The van der Waals surface area contributed by atoms with E-state index in [1.807, 2.05) is 24.3 Å². The van der Waals surface area contributed by atoms with E-state index in [0.29, 0.717) is 12.6 Å². The van der Waals surface area contributed by atoms with Gasteiger partial charge in [0.25, 0.3) is 0 Å². The monoisotopic (exact) mass is 266 g/mol. The van der Waals surface area contributed by atoms with Crippen molar-refractivity contribution in [3.63, 3.8) is 0 Å². The fourth-order valence-corrected chi connectivity index (χ4v) is 1.86. The van der Waals surface area contributed by atoms with Crippen molar-refractivity contribution in [2.75, 3.05) is 39.1 Å². The number of rotatable bonds is 9. The van der Waals surface area contributed by atoms with E-state index in [4.69, 9.17) is 15.2 Å². The molecule has 4 nitrogen and oxygen atoms in total. The highest BCUT2D eigenvalue weighted by Gasteiger charge is 2.11. The van der Waals surface area contributed by atoms with Crippen LogP contribution in [0.25, 0.3) is 0 Å². The van der Waals surface area contributed by atoms with E-state index in [-0.39, 0.29) is 0 Å². The SMILES string of the molecule is CCC(C)N(CCOC)CCOc1ccc(N)cc1. The van der Waals surface area contributed by atoms with Crippen molar-refractivity contribution in [2.45, 2.75) is 26.3 Å². The highest BCUT2D eigenvalue weighted by Crippen LogP contribution is 2.13. The molecule has 4 heteroatoms. The van der Waals surface area contributed by atoms with Gasteiger partial charge in [-0.3, -0.25) is 4.90 Å². The van der Waals surface area contributed by atoms with E-state index in [1.54, 1.807) is 7.11 Å². The lowest BCUT2D eigenvalue weighted by molar-refractivity contribution is 0.109. The number of hydrogen-bond donors (Lipinski definition) is 1. The molecular formula is C15H26N2O2. The second-order valence-corrected chi connectivity index (χ2v) is 4.70. The van der Waals surface area contributed by atoms with Crippen LogP contribution in [-0.4, -0.2) is 44.4 Å². The standard InChI is InChI=1S/C15H26N2O2/c1-4-13(2)17(9-11-18-3)10-12-19-15-7-5-14(16)6-8-15/h5-8,13H,4,9-12,16H2,1-3H3. The molecule has 0 aliphatic rings. The van der Waals surface area contributed by atoms with Crippen molar-refractivity contribution >= 4 is 5.69 Å². The number of benzene rings is 1. The average Bonchev–Trinajstić information content (AvgIpc) is 2.43. The van der Waals surface area contributed by atoms with Gasteiger partial charge in [-0.05, 0) is 37.6 Å². The van der Waals surface area contributed by atoms with Crippen molar-refractivity contribution < 1.29 is 9.47 Å². The molecule has 0 bridgehead atoms. The van der Waals surface area contributed by atoms with Crippen LogP contribution in [-0.2, 0) is 4.74 Å². The van der Waals surface area contributed by atoms with E-state index in [1.165, 1.54) is 0 Å². The molecular weight excluding hydrogens is 240 g/mol. The number of nitrogens with two attached hydrogens (primary N) is 1. The van der Waals surface area contributed by atoms with Gasteiger partial charge in [-0.1, -0.05) is 6.92 Å². The maximum Gasteiger partial charge on any atom is 0.119 e. The molecule has 108 valence electrons. The van der Waals surface area contributed by atoms with Crippen molar-refractivity contribution in [1.29, 1.82) is 0 Å². The van der Waals surface area contributed by atoms with Gasteiger partial charge < -0.3 is 15.2 Å². The van der Waals surface area contributed by atoms with Gasteiger partial charge in [-0.15, -0.1) is 0 Å². The Hall–Kier alpha value is -1.26. The van der Waals surface area contributed by atoms with Crippen molar-refractivity contribution in [1.82, 2.24) is 4.90 Å². The number of anilines is 1. The van der Waals surface area contributed by atoms with Gasteiger partial charge in [0.05, 0.1) is 6.61 Å².